The maximum atomic E-state index is 9.31. The van der Waals surface area contributed by atoms with Crippen molar-refractivity contribution in [3.8, 4) is 39.8 Å². The fraction of sp³-hybridized carbons (Fsp3) is 0. The van der Waals surface area contributed by atoms with Crippen LogP contribution in [-0.4, -0.2) is 4.98 Å². The Bertz CT molecular complexity index is 1520. The fourth-order valence-corrected chi connectivity index (χ4v) is 4.44. The molecule has 4 nitrogen and oxygen atoms in total. The molecule has 0 unspecified atom stereocenters. The van der Waals surface area contributed by atoms with Gasteiger partial charge in [-0.25, -0.2) is 4.98 Å². The van der Waals surface area contributed by atoms with E-state index in [4.69, 9.17) is 4.74 Å². The van der Waals surface area contributed by atoms with Gasteiger partial charge >= 0.3 is 0 Å². The molecule has 2 heterocycles. The Morgan fingerprint density at radius 2 is 1.26 bits per heavy atom. The fourth-order valence-electron chi connectivity index (χ4n) is 4.44. The van der Waals surface area contributed by atoms with Crippen LogP contribution in [0.1, 0.15) is 5.69 Å². The highest BCUT2D eigenvalue weighted by Gasteiger charge is 2.25. The van der Waals surface area contributed by atoms with Crippen molar-refractivity contribution < 1.29 is 4.74 Å². The van der Waals surface area contributed by atoms with Crippen LogP contribution in [0.2, 0.25) is 0 Å². The van der Waals surface area contributed by atoms with Crippen molar-refractivity contribution in [2.75, 3.05) is 4.90 Å². The summed E-state index contributed by atoms with van der Waals surface area (Å²) in [5.41, 5.74) is 7.65. The highest BCUT2D eigenvalue weighted by atomic mass is 16.5. The minimum Gasteiger partial charge on any atom is -0.453 e. The summed E-state index contributed by atoms with van der Waals surface area (Å²) < 4.78 is 6.17. The molecule has 0 saturated heterocycles. The van der Waals surface area contributed by atoms with Crippen LogP contribution in [0.4, 0.5) is 17.1 Å². The Morgan fingerprint density at radius 1 is 0.647 bits per heavy atom. The Balaban J connectivity index is 1.50. The van der Waals surface area contributed by atoms with Crippen LogP contribution in [0.3, 0.4) is 0 Å². The summed E-state index contributed by atoms with van der Waals surface area (Å²) in [6, 6.07) is 38.8. The van der Waals surface area contributed by atoms with Crippen LogP contribution in [0.25, 0.3) is 22.3 Å². The predicted octanol–water partition coefficient (Wildman–Crippen LogP) is 7.86. The van der Waals surface area contributed by atoms with Crippen LogP contribution < -0.4 is 9.64 Å². The molecule has 6 rings (SSSR count). The molecule has 0 aliphatic carbocycles. The van der Waals surface area contributed by atoms with Crippen LogP contribution in [0.5, 0.6) is 11.5 Å². The number of fused-ring (bicyclic) bond motifs is 2. The average Bonchev–Trinajstić information content (AvgIpc) is 2.92. The first-order valence-electron chi connectivity index (χ1n) is 11.0. The van der Waals surface area contributed by atoms with Crippen molar-refractivity contribution in [3.05, 3.63) is 121 Å². The van der Waals surface area contributed by atoms with Gasteiger partial charge < -0.3 is 9.64 Å². The Morgan fingerprint density at radius 3 is 1.94 bits per heavy atom. The van der Waals surface area contributed by atoms with Crippen molar-refractivity contribution in [1.29, 1.82) is 5.26 Å². The number of nitriles is 1. The zero-order valence-corrected chi connectivity index (χ0v) is 18.2. The zero-order valence-electron chi connectivity index (χ0n) is 18.2. The second-order valence-corrected chi connectivity index (χ2v) is 8.01. The Labute approximate surface area is 198 Å². The van der Waals surface area contributed by atoms with Gasteiger partial charge in [-0.2, -0.15) is 5.26 Å². The van der Waals surface area contributed by atoms with E-state index >= 15 is 0 Å². The summed E-state index contributed by atoms with van der Waals surface area (Å²) in [7, 11) is 0. The van der Waals surface area contributed by atoms with E-state index < -0.39 is 0 Å². The van der Waals surface area contributed by atoms with Crippen LogP contribution in [0.15, 0.2) is 115 Å². The van der Waals surface area contributed by atoms with E-state index in [1.165, 1.54) is 0 Å². The van der Waals surface area contributed by atoms with E-state index in [0.717, 1.165) is 50.8 Å². The molecule has 34 heavy (non-hydrogen) atoms. The summed E-state index contributed by atoms with van der Waals surface area (Å²) in [5, 5.41) is 9.31. The lowest BCUT2D eigenvalue weighted by Crippen LogP contribution is -2.15. The molecule has 160 valence electrons. The van der Waals surface area contributed by atoms with Gasteiger partial charge in [0.15, 0.2) is 11.5 Å². The second kappa shape index (κ2) is 8.23. The lowest BCUT2D eigenvalue weighted by Gasteiger charge is -2.33. The molecule has 1 aromatic heterocycles. The van der Waals surface area contributed by atoms with Crippen molar-refractivity contribution >= 4 is 17.1 Å². The number of benzene rings is 4. The van der Waals surface area contributed by atoms with E-state index in [9.17, 15) is 5.26 Å². The molecule has 0 radical (unpaired) electrons. The van der Waals surface area contributed by atoms with Crippen molar-refractivity contribution in [2.24, 2.45) is 0 Å². The predicted molar refractivity (Wildman–Crippen MR) is 135 cm³/mol. The molecule has 4 aromatic carbocycles. The first kappa shape index (κ1) is 19.8. The van der Waals surface area contributed by atoms with Crippen molar-refractivity contribution in [3.63, 3.8) is 0 Å². The Kier molecular flexibility index (Phi) is 4.79. The number of para-hydroxylation sites is 4. The highest BCUT2D eigenvalue weighted by Crippen LogP contribution is 2.50. The molecule has 4 heteroatoms. The third kappa shape index (κ3) is 3.37. The average molecular weight is 438 g/mol. The summed E-state index contributed by atoms with van der Waals surface area (Å²) in [6.45, 7) is 0. The quantitative estimate of drug-likeness (QED) is 0.283. The second-order valence-electron chi connectivity index (χ2n) is 8.01. The van der Waals surface area contributed by atoms with E-state index in [1.54, 1.807) is 6.20 Å². The number of pyridine rings is 1. The van der Waals surface area contributed by atoms with Gasteiger partial charge in [0.1, 0.15) is 11.8 Å². The largest absolute Gasteiger partial charge is 0.453 e. The number of hydrogen-bond donors (Lipinski definition) is 0. The number of hydrogen-bond acceptors (Lipinski definition) is 4. The number of rotatable bonds is 3. The molecule has 5 aromatic rings. The molecular formula is C30H19N3O. The third-order valence-electron chi connectivity index (χ3n) is 5.96. The van der Waals surface area contributed by atoms with Crippen LogP contribution in [0, 0.1) is 11.3 Å². The number of ether oxygens (including phenoxy) is 1. The SMILES string of the molecule is N#Cc1cc(-c2ccccc2-c2cccc(N3c4ccccc4Oc4ccccc43)c2)ccn1. The van der Waals surface area contributed by atoms with Gasteiger partial charge in [-0.15, -0.1) is 0 Å². The minimum absolute atomic E-state index is 0.405. The normalized spacial score (nSPS) is 11.7. The maximum absolute atomic E-state index is 9.31. The number of aromatic nitrogens is 1. The first-order valence-corrected chi connectivity index (χ1v) is 11.0. The lowest BCUT2D eigenvalue weighted by atomic mass is 9.94. The zero-order chi connectivity index (χ0) is 22.9. The molecule has 0 atom stereocenters. The van der Waals surface area contributed by atoms with Gasteiger partial charge in [-0.3, -0.25) is 0 Å². The topological polar surface area (TPSA) is 49.2 Å². The molecule has 0 amide bonds. The van der Waals surface area contributed by atoms with E-state index in [1.807, 2.05) is 60.7 Å². The standard InChI is InChI=1S/C30H19N3O/c31-20-23-18-22(16-17-32-23)26-11-2-1-10-25(26)21-8-7-9-24(19-21)33-27-12-3-5-14-29(27)34-30-15-6-4-13-28(30)33/h1-19H. The van der Waals surface area contributed by atoms with E-state index in [2.05, 4.69) is 64.5 Å². The molecule has 0 bridgehead atoms. The third-order valence-corrected chi connectivity index (χ3v) is 5.96. The van der Waals surface area contributed by atoms with Gasteiger partial charge in [0.25, 0.3) is 0 Å². The molecule has 1 aliphatic heterocycles. The minimum atomic E-state index is 0.405. The van der Waals surface area contributed by atoms with Gasteiger partial charge in [0.05, 0.1) is 11.4 Å². The van der Waals surface area contributed by atoms with Crippen LogP contribution in [-0.2, 0) is 0 Å². The van der Waals surface area contributed by atoms with Gasteiger partial charge in [-0.05, 0) is 70.8 Å². The highest BCUT2D eigenvalue weighted by molar-refractivity contribution is 5.89. The summed E-state index contributed by atoms with van der Waals surface area (Å²) >= 11 is 0. The molecular weight excluding hydrogens is 418 g/mol. The number of nitrogens with zero attached hydrogens (tertiary/aromatic N) is 3. The molecule has 1 aliphatic rings. The monoisotopic (exact) mass is 437 g/mol. The lowest BCUT2D eigenvalue weighted by molar-refractivity contribution is 0.477. The number of anilines is 3. The van der Waals surface area contributed by atoms with Gasteiger partial charge in [-0.1, -0.05) is 60.7 Å². The van der Waals surface area contributed by atoms with E-state index in [0.29, 0.717) is 5.69 Å². The molecule has 0 spiro atoms. The van der Waals surface area contributed by atoms with Crippen LogP contribution >= 0.6 is 0 Å². The first-order chi connectivity index (χ1) is 16.8. The van der Waals surface area contributed by atoms with Crippen molar-refractivity contribution in [1.82, 2.24) is 4.98 Å². The maximum Gasteiger partial charge on any atom is 0.151 e. The van der Waals surface area contributed by atoms with Crippen molar-refractivity contribution in [2.45, 2.75) is 0 Å². The van der Waals surface area contributed by atoms with Gasteiger partial charge in [0, 0.05) is 11.9 Å². The molecule has 0 saturated carbocycles. The summed E-state index contributed by atoms with van der Waals surface area (Å²) in [6.07, 6.45) is 1.68. The molecule has 0 fully saturated rings. The summed E-state index contributed by atoms with van der Waals surface area (Å²) in [5.74, 6) is 1.65. The summed E-state index contributed by atoms with van der Waals surface area (Å²) in [4.78, 5) is 6.36. The van der Waals surface area contributed by atoms with E-state index in [-0.39, 0.29) is 0 Å². The smallest absolute Gasteiger partial charge is 0.151 e. The van der Waals surface area contributed by atoms with Gasteiger partial charge in [0.2, 0.25) is 0 Å². The Hall–Kier alpha value is -4.88. The molecule has 0 N–H and O–H groups in total.